The first-order valence-corrected chi connectivity index (χ1v) is 30.6. The Labute approximate surface area is 424 Å². The molecule has 6 nitrogen and oxygen atoms in total. The number of hydrogen-bond donors (Lipinski definition) is 3. The van der Waals surface area contributed by atoms with E-state index < -0.39 is 12.1 Å². The highest BCUT2D eigenvalue weighted by atomic mass is 16.5. The van der Waals surface area contributed by atoms with E-state index in [1.165, 1.54) is 263 Å². The Morgan fingerprint density at radius 1 is 0.397 bits per heavy atom. The van der Waals surface area contributed by atoms with Crippen LogP contribution in [0.1, 0.15) is 335 Å². The zero-order valence-electron chi connectivity index (χ0n) is 45.9. The number of ether oxygens (including phenoxy) is 1. The van der Waals surface area contributed by atoms with Gasteiger partial charge in [-0.2, -0.15) is 0 Å². The van der Waals surface area contributed by atoms with E-state index in [1.54, 1.807) is 6.08 Å². The predicted octanol–water partition coefficient (Wildman–Crippen LogP) is 19.0. The molecule has 0 aromatic rings. The molecule has 0 aromatic heterocycles. The van der Waals surface area contributed by atoms with Gasteiger partial charge in [0, 0.05) is 12.8 Å². The van der Waals surface area contributed by atoms with Crippen molar-refractivity contribution in [3.8, 4) is 0 Å². The maximum atomic E-state index is 12.5. The molecule has 0 aliphatic heterocycles. The van der Waals surface area contributed by atoms with Crippen molar-refractivity contribution >= 4 is 11.9 Å². The van der Waals surface area contributed by atoms with Gasteiger partial charge in [0.25, 0.3) is 0 Å². The SMILES string of the molecule is CCCCCCCC/C=C\CCCCCCCCCC(=O)OCCCCCCCCCCCCCCCCCCC(=O)NC(CO)C(O)/C=C/CCCCCCCCCCCCCCCCCC. The summed E-state index contributed by atoms with van der Waals surface area (Å²) in [5.41, 5.74) is 0. The van der Waals surface area contributed by atoms with Crippen LogP contribution < -0.4 is 5.32 Å². The number of esters is 1. The second-order valence-corrected chi connectivity index (χ2v) is 21.0. The summed E-state index contributed by atoms with van der Waals surface area (Å²) in [7, 11) is 0. The van der Waals surface area contributed by atoms with Gasteiger partial charge < -0.3 is 20.3 Å². The van der Waals surface area contributed by atoms with Gasteiger partial charge in [-0.05, 0) is 57.8 Å². The van der Waals surface area contributed by atoms with Crippen LogP contribution in [0, 0.1) is 0 Å². The normalized spacial score (nSPS) is 12.7. The van der Waals surface area contributed by atoms with Crippen LogP contribution in [0.4, 0.5) is 0 Å². The number of carbonyl (C=O) groups excluding carboxylic acids is 2. The molecule has 1 amide bonds. The molecular weight excluding hydrogens is 839 g/mol. The quantitative estimate of drug-likeness (QED) is 0.0321. The van der Waals surface area contributed by atoms with Crippen LogP contribution in [-0.4, -0.2) is 47.4 Å². The summed E-state index contributed by atoms with van der Waals surface area (Å²) in [6.07, 6.45) is 70.6. The van der Waals surface area contributed by atoms with Crippen molar-refractivity contribution in [3.63, 3.8) is 0 Å². The number of unbranched alkanes of at least 4 members (excludes halogenated alkanes) is 44. The molecule has 402 valence electrons. The van der Waals surface area contributed by atoms with E-state index in [0.717, 1.165) is 44.9 Å². The molecule has 0 saturated heterocycles. The van der Waals surface area contributed by atoms with Crippen molar-refractivity contribution in [3.05, 3.63) is 24.3 Å². The molecule has 0 aliphatic rings. The summed E-state index contributed by atoms with van der Waals surface area (Å²) >= 11 is 0. The fourth-order valence-corrected chi connectivity index (χ4v) is 9.51. The highest BCUT2D eigenvalue weighted by Crippen LogP contribution is 2.17. The molecule has 3 N–H and O–H groups in total. The average Bonchev–Trinajstić information content (AvgIpc) is 3.34. The van der Waals surface area contributed by atoms with E-state index >= 15 is 0 Å². The first-order valence-electron chi connectivity index (χ1n) is 30.6. The maximum absolute atomic E-state index is 12.5. The summed E-state index contributed by atoms with van der Waals surface area (Å²) in [6, 6.07) is -0.633. The van der Waals surface area contributed by atoms with E-state index in [2.05, 4.69) is 31.3 Å². The molecule has 0 fully saturated rings. The van der Waals surface area contributed by atoms with Crippen LogP contribution in [0.5, 0.6) is 0 Å². The minimum Gasteiger partial charge on any atom is -0.466 e. The number of allylic oxidation sites excluding steroid dienone is 3. The monoisotopic (exact) mass is 958 g/mol. The third-order valence-corrected chi connectivity index (χ3v) is 14.2. The van der Waals surface area contributed by atoms with Gasteiger partial charge in [0.2, 0.25) is 5.91 Å². The highest BCUT2D eigenvalue weighted by molar-refractivity contribution is 5.76. The van der Waals surface area contributed by atoms with Crippen LogP contribution in [0.15, 0.2) is 24.3 Å². The van der Waals surface area contributed by atoms with Gasteiger partial charge in [0.1, 0.15) is 0 Å². The van der Waals surface area contributed by atoms with Crippen molar-refractivity contribution in [1.82, 2.24) is 5.32 Å². The largest absolute Gasteiger partial charge is 0.466 e. The van der Waals surface area contributed by atoms with Gasteiger partial charge in [0.05, 0.1) is 25.4 Å². The Morgan fingerprint density at radius 2 is 0.691 bits per heavy atom. The number of carbonyl (C=O) groups is 2. The molecule has 2 unspecified atom stereocenters. The van der Waals surface area contributed by atoms with Crippen LogP contribution >= 0.6 is 0 Å². The lowest BCUT2D eigenvalue weighted by molar-refractivity contribution is -0.143. The van der Waals surface area contributed by atoms with Crippen molar-refractivity contribution in [1.29, 1.82) is 0 Å². The van der Waals surface area contributed by atoms with Gasteiger partial charge in [-0.25, -0.2) is 0 Å². The highest BCUT2D eigenvalue weighted by Gasteiger charge is 2.18. The molecule has 68 heavy (non-hydrogen) atoms. The van der Waals surface area contributed by atoms with Gasteiger partial charge in [-0.1, -0.05) is 289 Å². The molecule has 0 saturated carbocycles. The summed E-state index contributed by atoms with van der Waals surface area (Å²) in [5.74, 6) is -0.0730. The van der Waals surface area contributed by atoms with E-state index in [9.17, 15) is 19.8 Å². The number of rotatable bonds is 57. The Bertz CT molecular complexity index is 1060. The fourth-order valence-electron chi connectivity index (χ4n) is 9.51. The zero-order chi connectivity index (χ0) is 49.3. The van der Waals surface area contributed by atoms with Crippen molar-refractivity contribution in [2.24, 2.45) is 0 Å². The number of hydrogen-bond acceptors (Lipinski definition) is 5. The summed E-state index contributed by atoms with van der Waals surface area (Å²) in [4.78, 5) is 24.6. The maximum Gasteiger partial charge on any atom is 0.305 e. The summed E-state index contributed by atoms with van der Waals surface area (Å²) in [5, 5.41) is 23.2. The van der Waals surface area contributed by atoms with Gasteiger partial charge in [-0.15, -0.1) is 0 Å². The fraction of sp³-hybridized carbons (Fsp3) is 0.903. The van der Waals surface area contributed by atoms with E-state index in [1.807, 2.05) is 6.08 Å². The Morgan fingerprint density at radius 3 is 1.04 bits per heavy atom. The standard InChI is InChI=1S/C62H119NO5/c1-3-5-7-9-11-13-15-17-19-21-23-26-30-34-38-42-46-50-54-60(65)59(58-64)63-61(66)55-51-47-43-39-35-31-27-24-25-29-33-37-41-45-49-53-57-68-62(67)56-52-48-44-40-36-32-28-22-20-18-16-14-12-10-8-6-4-2/h18,20,50,54,59-60,64-65H,3-17,19,21-49,51-53,55-58H2,1-2H3,(H,63,66)/b20-18-,54-50+. The molecular formula is C62H119NO5. The second kappa shape index (κ2) is 57.9. The van der Waals surface area contributed by atoms with E-state index in [0.29, 0.717) is 19.4 Å². The topological polar surface area (TPSA) is 95.9 Å². The molecule has 0 rings (SSSR count). The lowest BCUT2D eigenvalue weighted by Gasteiger charge is -2.20. The van der Waals surface area contributed by atoms with Gasteiger partial charge in [0.15, 0.2) is 0 Å². The van der Waals surface area contributed by atoms with E-state index in [-0.39, 0.29) is 18.5 Å². The van der Waals surface area contributed by atoms with Crippen LogP contribution in [-0.2, 0) is 14.3 Å². The van der Waals surface area contributed by atoms with Crippen molar-refractivity contribution in [2.75, 3.05) is 13.2 Å². The smallest absolute Gasteiger partial charge is 0.305 e. The molecule has 2 atom stereocenters. The lowest BCUT2D eigenvalue weighted by Crippen LogP contribution is -2.45. The Balaban J connectivity index is 3.44. The summed E-state index contributed by atoms with van der Waals surface area (Å²) in [6.45, 7) is 4.91. The average molecular weight is 959 g/mol. The van der Waals surface area contributed by atoms with Crippen molar-refractivity contribution in [2.45, 2.75) is 347 Å². The third-order valence-electron chi connectivity index (χ3n) is 14.2. The molecule has 0 heterocycles. The van der Waals surface area contributed by atoms with Gasteiger partial charge in [-0.3, -0.25) is 9.59 Å². The van der Waals surface area contributed by atoms with E-state index in [4.69, 9.17) is 4.74 Å². The van der Waals surface area contributed by atoms with Crippen LogP contribution in [0.2, 0.25) is 0 Å². The van der Waals surface area contributed by atoms with Crippen molar-refractivity contribution < 1.29 is 24.5 Å². The third kappa shape index (κ3) is 53.7. The molecule has 0 bridgehead atoms. The number of amides is 1. The lowest BCUT2D eigenvalue weighted by atomic mass is 10.0. The molecule has 6 heteroatoms. The van der Waals surface area contributed by atoms with Crippen LogP contribution in [0.3, 0.4) is 0 Å². The number of aliphatic hydroxyl groups is 2. The zero-order valence-corrected chi connectivity index (χ0v) is 45.9. The van der Waals surface area contributed by atoms with Crippen LogP contribution in [0.25, 0.3) is 0 Å². The Hall–Kier alpha value is -1.66. The first-order chi connectivity index (χ1) is 33.5. The first kappa shape index (κ1) is 66.3. The molecule has 0 aromatic carbocycles. The summed E-state index contributed by atoms with van der Waals surface area (Å²) < 4.78 is 5.49. The number of nitrogens with one attached hydrogen (secondary N) is 1. The minimum absolute atomic E-state index is 0.000651. The number of aliphatic hydroxyl groups excluding tert-OH is 2. The second-order valence-electron chi connectivity index (χ2n) is 21.0. The molecule has 0 spiro atoms. The van der Waals surface area contributed by atoms with Gasteiger partial charge >= 0.3 is 5.97 Å². The molecule has 0 aliphatic carbocycles. The molecule has 0 radical (unpaired) electrons. The minimum atomic E-state index is -0.849. The predicted molar refractivity (Wildman–Crippen MR) is 296 cm³/mol. The Kier molecular flexibility index (Phi) is 56.5.